The molecule has 0 spiro atoms. The molecule has 0 aliphatic heterocycles. The quantitative estimate of drug-likeness (QED) is 0.146. The molecule has 12 heteroatoms. The van der Waals surface area contributed by atoms with Crippen LogP contribution in [0.3, 0.4) is 0 Å². The Balaban J connectivity index is 1.75. The van der Waals surface area contributed by atoms with E-state index in [1.54, 1.807) is 19.1 Å². The maximum Gasteiger partial charge on any atom is 0.419 e. The first kappa shape index (κ1) is 33.7. The Morgan fingerprint density at radius 3 is 2.33 bits per heavy atom. The molecule has 4 aromatic rings. The first-order valence-corrected chi connectivity index (χ1v) is 16.4. The van der Waals surface area contributed by atoms with E-state index in [4.69, 9.17) is 9.72 Å². The maximum absolute atomic E-state index is 13.9. The zero-order chi connectivity index (χ0) is 32.8. The number of carbonyl (C=O) groups is 1. The predicted molar refractivity (Wildman–Crippen MR) is 164 cm³/mol. The minimum atomic E-state index is -4.93. The molecule has 45 heavy (non-hydrogen) atoms. The minimum Gasteiger partial charge on any atom is -0.494 e. The number of carbonyl (C=O) groups excluding carboxylic acids is 1. The van der Waals surface area contributed by atoms with Crippen LogP contribution >= 0.6 is 0 Å². The number of imidazole rings is 1. The summed E-state index contributed by atoms with van der Waals surface area (Å²) in [6.45, 7) is 5.65. The van der Waals surface area contributed by atoms with E-state index in [1.807, 2.05) is 60.2 Å². The van der Waals surface area contributed by atoms with Gasteiger partial charge in [0.2, 0.25) is 5.91 Å². The third-order valence-electron chi connectivity index (χ3n) is 7.38. The van der Waals surface area contributed by atoms with Crippen molar-refractivity contribution in [2.75, 3.05) is 24.7 Å². The molecule has 0 bridgehead atoms. The second kappa shape index (κ2) is 14.3. The summed E-state index contributed by atoms with van der Waals surface area (Å²) in [6, 6.07) is 18.4. The Morgan fingerprint density at radius 2 is 1.71 bits per heavy atom. The lowest BCUT2D eigenvalue weighted by Crippen LogP contribution is -2.37. The van der Waals surface area contributed by atoms with Gasteiger partial charge < -0.3 is 14.2 Å². The lowest BCUT2D eigenvalue weighted by atomic mass is 10.1. The summed E-state index contributed by atoms with van der Waals surface area (Å²) in [5.74, 6) is -1.09. The number of nitrogens with zero attached hydrogens (tertiary/aromatic N) is 3. The molecule has 240 valence electrons. The van der Waals surface area contributed by atoms with Crippen molar-refractivity contribution in [2.45, 2.75) is 45.8 Å². The second-order valence-electron chi connectivity index (χ2n) is 10.5. The van der Waals surface area contributed by atoms with Crippen molar-refractivity contribution in [1.29, 1.82) is 0 Å². The molecule has 1 aromatic heterocycles. The molecule has 0 unspecified atom stereocenters. The van der Waals surface area contributed by atoms with Crippen LogP contribution in [0.25, 0.3) is 16.9 Å². The number of halogens is 4. The third-order valence-corrected chi connectivity index (χ3v) is 9.17. The number of benzene rings is 3. The van der Waals surface area contributed by atoms with Crippen molar-refractivity contribution in [3.05, 3.63) is 102 Å². The average molecular weight is 646 g/mol. The average Bonchev–Trinajstić information content (AvgIpc) is 3.46. The molecule has 0 aliphatic carbocycles. The van der Waals surface area contributed by atoms with Gasteiger partial charge in [-0.1, -0.05) is 43.3 Å². The molecule has 0 fully saturated rings. The smallest absolute Gasteiger partial charge is 0.419 e. The fraction of sp³-hybridized carbons (Fsp3) is 0.333. The van der Waals surface area contributed by atoms with Gasteiger partial charge in [0.25, 0.3) is 0 Å². The van der Waals surface area contributed by atoms with Crippen LogP contribution in [0.4, 0.5) is 17.6 Å². The molecule has 1 heterocycles. The molecule has 0 radical (unpaired) electrons. The van der Waals surface area contributed by atoms with Crippen LogP contribution in [0, 0.1) is 5.82 Å². The molecule has 4 rings (SSSR count). The van der Waals surface area contributed by atoms with Gasteiger partial charge in [0.15, 0.2) is 0 Å². The van der Waals surface area contributed by atoms with Crippen molar-refractivity contribution < 1.29 is 35.5 Å². The summed E-state index contributed by atoms with van der Waals surface area (Å²) in [4.78, 5) is 20.1. The number of hydrogen-bond acceptors (Lipinski definition) is 5. The van der Waals surface area contributed by atoms with Crippen molar-refractivity contribution in [3.63, 3.8) is 0 Å². The van der Waals surface area contributed by atoms with Gasteiger partial charge in [0.1, 0.15) is 27.2 Å². The fourth-order valence-electron chi connectivity index (χ4n) is 4.96. The highest BCUT2D eigenvalue weighted by Crippen LogP contribution is 2.33. The zero-order valence-corrected chi connectivity index (χ0v) is 26.0. The molecule has 0 saturated carbocycles. The zero-order valence-electron chi connectivity index (χ0n) is 25.2. The lowest BCUT2D eigenvalue weighted by Gasteiger charge is -2.30. The lowest BCUT2D eigenvalue weighted by molar-refractivity contribution is -0.140. The highest BCUT2D eigenvalue weighted by atomic mass is 32.2. The topological polar surface area (TPSA) is 81.5 Å². The Hall–Kier alpha value is -4.19. The third kappa shape index (κ3) is 8.50. The van der Waals surface area contributed by atoms with Gasteiger partial charge in [-0.05, 0) is 62.2 Å². The van der Waals surface area contributed by atoms with Crippen LogP contribution in [0.1, 0.15) is 50.2 Å². The summed E-state index contributed by atoms with van der Waals surface area (Å²) in [5, 5.41) is 0. The number of amides is 1. The number of alkyl halides is 3. The van der Waals surface area contributed by atoms with Gasteiger partial charge in [-0.2, -0.15) is 13.2 Å². The fourth-order valence-corrected chi connectivity index (χ4v) is 5.82. The van der Waals surface area contributed by atoms with Gasteiger partial charge in [-0.3, -0.25) is 4.79 Å². The van der Waals surface area contributed by atoms with Crippen LogP contribution in [0.5, 0.6) is 5.75 Å². The SMILES string of the molecule is CCOc1ccc(-n2cc(-c3ccccc3)nc2[C@@H](C)N(CCCS(=O)(=O)CC)C(=O)Cc2ccc(F)c(C(F)(F)F)c2)cc1. The van der Waals surface area contributed by atoms with Crippen LogP contribution in [-0.4, -0.2) is 53.4 Å². The van der Waals surface area contributed by atoms with Gasteiger partial charge in [-0.15, -0.1) is 0 Å². The Morgan fingerprint density at radius 1 is 1.02 bits per heavy atom. The molecule has 1 amide bonds. The van der Waals surface area contributed by atoms with E-state index in [0.717, 1.165) is 17.3 Å². The van der Waals surface area contributed by atoms with Crippen LogP contribution in [0.15, 0.2) is 79.0 Å². The van der Waals surface area contributed by atoms with Crippen molar-refractivity contribution in [1.82, 2.24) is 14.5 Å². The van der Waals surface area contributed by atoms with E-state index in [-0.39, 0.29) is 30.0 Å². The van der Waals surface area contributed by atoms with Gasteiger partial charge in [-0.25, -0.2) is 17.8 Å². The summed E-state index contributed by atoms with van der Waals surface area (Å²) in [6.07, 6.45) is -3.44. The molecule has 3 aromatic carbocycles. The Labute approximate surface area is 260 Å². The number of rotatable bonds is 13. The van der Waals surface area contributed by atoms with Gasteiger partial charge in [0.05, 0.1) is 36.1 Å². The first-order chi connectivity index (χ1) is 21.3. The number of aromatic nitrogens is 2. The summed E-state index contributed by atoms with van der Waals surface area (Å²) in [7, 11) is -3.35. The summed E-state index contributed by atoms with van der Waals surface area (Å²) in [5.41, 5.74) is 0.699. The van der Waals surface area contributed by atoms with E-state index in [0.29, 0.717) is 36.0 Å². The minimum absolute atomic E-state index is 0.00333. The number of hydrogen-bond donors (Lipinski definition) is 0. The summed E-state index contributed by atoms with van der Waals surface area (Å²) < 4.78 is 86.0. The van der Waals surface area contributed by atoms with E-state index in [9.17, 15) is 30.8 Å². The van der Waals surface area contributed by atoms with Crippen molar-refractivity contribution in [2.24, 2.45) is 0 Å². The Kier molecular flexibility index (Phi) is 10.7. The first-order valence-electron chi connectivity index (χ1n) is 14.6. The molecule has 0 saturated heterocycles. The highest BCUT2D eigenvalue weighted by molar-refractivity contribution is 7.91. The van der Waals surface area contributed by atoms with E-state index in [1.165, 1.54) is 11.8 Å². The van der Waals surface area contributed by atoms with Crippen LogP contribution in [0.2, 0.25) is 0 Å². The van der Waals surface area contributed by atoms with E-state index < -0.39 is 45.8 Å². The largest absolute Gasteiger partial charge is 0.494 e. The predicted octanol–water partition coefficient (Wildman–Crippen LogP) is 7.05. The monoisotopic (exact) mass is 645 g/mol. The molecular formula is C33H35F4N3O4S. The standard InChI is InChI=1S/C33H35F4N3O4S/c1-4-44-27-15-13-26(14-16-27)40-22-30(25-10-7-6-8-11-25)38-32(40)23(3)39(18-9-19-45(42,43)5-2)31(41)21-24-12-17-29(34)28(20-24)33(35,36)37/h6-8,10-17,20,22-23H,4-5,9,18-19,21H2,1-3H3/t23-/m1/s1. The van der Waals surface area contributed by atoms with E-state index >= 15 is 0 Å². The normalized spacial score (nSPS) is 12.6. The maximum atomic E-state index is 13.9. The van der Waals surface area contributed by atoms with Crippen LogP contribution < -0.4 is 4.74 Å². The van der Waals surface area contributed by atoms with Crippen molar-refractivity contribution >= 4 is 15.7 Å². The second-order valence-corrected chi connectivity index (χ2v) is 13.0. The Bertz CT molecular complexity index is 1710. The highest BCUT2D eigenvalue weighted by Gasteiger charge is 2.35. The van der Waals surface area contributed by atoms with Crippen LogP contribution in [-0.2, 0) is 27.2 Å². The molecule has 7 nitrogen and oxygen atoms in total. The molecule has 1 atom stereocenters. The number of sulfone groups is 1. The van der Waals surface area contributed by atoms with Gasteiger partial charge in [0, 0.05) is 29.7 Å². The molecule has 0 N–H and O–H groups in total. The summed E-state index contributed by atoms with van der Waals surface area (Å²) >= 11 is 0. The molecular weight excluding hydrogens is 610 g/mol. The van der Waals surface area contributed by atoms with E-state index in [2.05, 4.69) is 0 Å². The number of ether oxygens (including phenoxy) is 1. The molecule has 0 aliphatic rings. The van der Waals surface area contributed by atoms with Gasteiger partial charge >= 0.3 is 6.18 Å². The van der Waals surface area contributed by atoms with Crippen molar-refractivity contribution in [3.8, 4) is 22.7 Å².